The fourth-order valence-electron chi connectivity index (χ4n) is 4.96. The van der Waals surface area contributed by atoms with E-state index in [-0.39, 0.29) is 35.5 Å². The fourth-order valence-corrected chi connectivity index (χ4v) is 6.55. The van der Waals surface area contributed by atoms with Gasteiger partial charge in [-0.15, -0.1) is 0 Å². The zero-order valence-electron chi connectivity index (χ0n) is 26.5. The lowest BCUT2D eigenvalue weighted by molar-refractivity contribution is -0.140. The maximum atomic E-state index is 14.6. The molecule has 0 aliphatic rings. The van der Waals surface area contributed by atoms with Gasteiger partial charge in [0.05, 0.1) is 17.7 Å². The molecule has 1 N–H and O–H groups in total. The molecule has 0 fully saturated rings. The van der Waals surface area contributed by atoms with E-state index in [9.17, 15) is 18.0 Å². The SMILES string of the molecule is CC[C@@H](C)NC(=O)[C@H](Cc1ccccc1)N(Cc1cccc(OC)c1)C(=O)CN(c1cccc(Cl)c1)S(=O)(=O)c1ccc(C)cc1. The van der Waals surface area contributed by atoms with Gasteiger partial charge in [-0.3, -0.25) is 13.9 Å². The van der Waals surface area contributed by atoms with Crippen molar-refractivity contribution in [3.8, 4) is 5.75 Å². The van der Waals surface area contributed by atoms with Crippen molar-refractivity contribution in [1.29, 1.82) is 0 Å². The van der Waals surface area contributed by atoms with Gasteiger partial charge in [0.25, 0.3) is 10.0 Å². The Morgan fingerprint density at radius 2 is 1.57 bits per heavy atom. The molecule has 0 aliphatic heterocycles. The Morgan fingerprint density at radius 3 is 2.22 bits per heavy atom. The molecule has 0 bridgehead atoms. The summed E-state index contributed by atoms with van der Waals surface area (Å²) in [6.07, 6.45) is 0.922. The number of sulfonamides is 1. The normalized spacial score (nSPS) is 12.5. The molecule has 0 aromatic heterocycles. The van der Waals surface area contributed by atoms with E-state index in [1.807, 2.05) is 63.2 Å². The van der Waals surface area contributed by atoms with Crippen molar-refractivity contribution in [3.63, 3.8) is 0 Å². The van der Waals surface area contributed by atoms with E-state index < -0.39 is 28.5 Å². The highest BCUT2D eigenvalue weighted by molar-refractivity contribution is 7.92. The first kappa shape index (κ1) is 34.5. The number of aryl methyl sites for hydroxylation is 1. The number of halogens is 1. The maximum Gasteiger partial charge on any atom is 0.264 e. The molecule has 4 rings (SSSR count). The summed E-state index contributed by atoms with van der Waals surface area (Å²) in [5.74, 6) is -0.292. The zero-order chi connectivity index (χ0) is 33.3. The van der Waals surface area contributed by atoms with Crippen molar-refractivity contribution < 1.29 is 22.7 Å². The summed E-state index contributed by atoms with van der Waals surface area (Å²) in [6.45, 7) is 5.20. The molecular weight excluding hydrogens is 622 g/mol. The molecule has 4 aromatic rings. The van der Waals surface area contributed by atoms with Crippen molar-refractivity contribution in [2.75, 3.05) is 18.0 Å². The number of rotatable bonds is 14. The average Bonchev–Trinajstić information content (AvgIpc) is 3.05. The second kappa shape index (κ2) is 15.8. The number of carbonyl (C=O) groups excluding carboxylic acids is 2. The Kier molecular flexibility index (Phi) is 11.8. The predicted octanol–water partition coefficient (Wildman–Crippen LogP) is 6.41. The van der Waals surface area contributed by atoms with Gasteiger partial charge in [-0.1, -0.05) is 84.8 Å². The van der Waals surface area contributed by atoms with Crippen LogP contribution in [0.15, 0.2) is 108 Å². The minimum absolute atomic E-state index is 0.0283. The summed E-state index contributed by atoms with van der Waals surface area (Å²) in [7, 11) is -2.67. The second-order valence-electron chi connectivity index (χ2n) is 11.2. The minimum atomic E-state index is -4.22. The van der Waals surface area contributed by atoms with Crippen molar-refractivity contribution in [2.24, 2.45) is 0 Å². The molecule has 0 aliphatic carbocycles. The van der Waals surface area contributed by atoms with Crippen LogP contribution in [0.5, 0.6) is 5.75 Å². The van der Waals surface area contributed by atoms with Crippen LogP contribution in [0.1, 0.15) is 37.0 Å². The average molecular weight is 662 g/mol. The Balaban J connectivity index is 1.82. The monoisotopic (exact) mass is 661 g/mol. The fraction of sp³-hybridized carbons (Fsp3) is 0.278. The lowest BCUT2D eigenvalue weighted by Gasteiger charge is -2.34. The van der Waals surface area contributed by atoms with Crippen LogP contribution < -0.4 is 14.4 Å². The lowest BCUT2D eigenvalue weighted by Crippen LogP contribution is -2.54. The van der Waals surface area contributed by atoms with Gasteiger partial charge in [0.15, 0.2) is 0 Å². The summed E-state index contributed by atoms with van der Waals surface area (Å²) in [5, 5.41) is 3.36. The predicted molar refractivity (Wildman–Crippen MR) is 183 cm³/mol. The number of methoxy groups -OCH3 is 1. The molecule has 8 nitrogen and oxygen atoms in total. The van der Waals surface area contributed by atoms with Crippen LogP contribution in [0, 0.1) is 6.92 Å². The minimum Gasteiger partial charge on any atom is -0.497 e. The quantitative estimate of drug-likeness (QED) is 0.169. The highest BCUT2D eigenvalue weighted by Crippen LogP contribution is 2.28. The van der Waals surface area contributed by atoms with Gasteiger partial charge in [0, 0.05) is 24.0 Å². The van der Waals surface area contributed by atoms with Gasteiger partial charge in [-0.05, 0) is 73.9 Å². The molecule has 0 heterocycles. The summed E-state index contributed by atoms with van der Waals surface area (Å²) in [6, 6.07) is 28.4. The Labute approximate surface area is 277 Å². The van der Waals surface area contributed by atoms with E-state index in [2.05, 4.69) is 5.32 Å². The van der Waals surface area contributed by atoms with Crippen LogP contribution >= 0.6 is 11.6 Å². The third-order valence-corrected chi connectivity index (χ3v) is 9.77. The second-order valence-corrected chi connectivity index (χ2v) is 13.5. The summed E-state index contributed by atoms with van der Waals surface area (Å²) < 4.78 is 34.8. The Hall–Kier alpha value is -4.34. The van der Waals surface area contributed by atoms with E-state index >= 15 is 0 Å². The van der Waals surface area contributed by atoms with Crippen molar-refractivity contribution in [1.82, 2.24) is 10.2 Å². The Bertz CT molecular complexity index is 1730. The zero-order valence-corrected chi connectivity index (χ0v) is 28.1. The van der Waals surface area contributed by atoms with Crippen molar-refractivity contribution in [2.45, 2.75) is 57.1 Å². The van der Waals surface area contributed by atoms with Crippen molar-refractivity contribution >= 4 is 39.1 Å². The number of carbonyl (C=O) groups is 2. The molecule has 242 valence electrons. The first-order chi connectivity index (χ1) is 22.0. The van der Waals surface area contributed by atoms with E-state index in [0.717, 1.165) is 21.0 Å². The number of amides is 2. The van der Waals surface area contributed by atoms with Gasteiger partial charge in [0.2, 0.25) is 11.8 Å². The highest BCUT2D eigenvalue weighted by Gasteiger charge is 2.35. The standard InChI is InChI=1S/C36H40ClN3O5S/c1-5-27(3)38-36(42)34(22-28-11-7-6-8-12-28)39(24-29-13-9-16-32(21-29)45-4)35(41)25-40(31-15-10-14-30(37)23-31)46(43,44)33-19-17-26(2)18-20-33/h6-21,23,27,34H,5,22,24-25H2,1-4H3,(H,38,42)/t27-,34+/m1/s1. The van der Waals surface area contributed by atoms with E-state index in [4.69, 9.17) is 16.3 Å². The van der Waals surface area contributed by atoms with Crippen LogP contribution in [-0.2, 0) is 32.6 Å². The largest absolute Gasteiger partial charge is 0.497 e. The molecule has 4 aromatic carbocycles. The summed E-state index contributed by atoms with van der Waals surface area (Å²) in [4.78, 5) is 30.0. The first-order valence-corrected chi connectivity index (χ1v) is 16.9. The van der Waals surface area contributed by atoms with E-state index in [0.29, 0.717) is 17.2 Å². The highest BCUT2D eigenvalue weighted by atomic mass is 35.5. The molecule has 0 radical (unpaired) electrons. The molecule has 0 saturated heterocycles. The van der Waals surface area contributed by atoms with Gasteiger partial charge in [0.1, 0.15) is 18.3 Å². The molecule has 0 unspecified atom stereocenters. The van der Waals surface area contributed by atoms with E-state index in [1.165, 1.54) is 23.1 Å². The molecule has 0 spiro atoms. The molecule has 46 heavy (non-hydrogen) atoms. The van der Waals surface area contributed by atoms with Gasteiger partial charge in [-0.2, -0.15) is 0 Å². The van der Waals surface area contributed by atoms with Crippen LogP contribution in [0.25, 0.3) is 0 Å². The molecule has 2 amide bonds. The van der Waals surface area contributed by atoms with Crippen LogP contribution in [0.4, 0.5) is 5.69 Å². The van der Waals surface area contributed by atoms with Crippen molar-refractivity contribution in [3.05, 3.63) is 125 Å². The summed E-state index contributed by atoms with van der Waals surface area (Å²) >= 11 is 6.30. The van der Waals surface area contributed by atoms with E-state index in [1.54, 1.807) is 49.6 Å². The molecule has 2 atom stereocenters. The van der Waals surface area contributed by atoms with Crippen LogP contribution in [0.2, 0.25) is 5.02 Å². The number of nitrogens with zero attached hydrogens (tertiary/aromatic N) is 2. The number of ether oxygens (including phenoxy) is 1. The number of benzene rings is 4. The third kappa shape index (κ3) is 8.89. The third-order valence-electron chi connectivity index (χ3n) is 7.74. The van der Waals surface area contributed by atoms with Gasteiger partial charge >= 0.3 is 0 Å². The van der Waals surface area contributed by atoms with Crippen LogP contribution in [0.3, 0.4) is 0 Å². The number of anilines is 1. The molecule has 10 heteroatoms. The summed E-state index contributed by atoms with van der Waals surface area (Å²) in [5.41, 5.74) is 2.70. The topological polar surface area (TPSA) is 96.0 Å². The Morgan fingerprint density at radius 1 is 0.891 bits per heavy atom. The number of hydrogen-bond acceptors (Lipinski definition) is 5. The lowest BCUT2D eigenvalue weighted by atomic mass is 10.0. The first-order valence-electron chi connectivity index (χ1n) is 15.1. The van der Waals surface area contributed by atoms with Gasteiger partial charge in [-0.25, -0.2) is 8.42 Å². The molecular formula is C36H40ClN3O5S. The number of hydrogen-bond donors (Lipinski definition) is 1. The number of nitrogens with one attached hydrogen (secondary N) is 1. The van der Waals surface area contributed by atoms with Crippen LogP contribution in [-0.4, -0.2) is 50.9 Å². The smallest absolute Gasteiger partial charge is 0.264 e. The van der Waals surface area contributed by atoms with Gasteiger partial charge < -0.3 is 15.0 Å². The maximum absolute atomic E-state index is 14.6. The molecule has 0 saturated carbocycles.